The van der Waals surface area contributed by atoms with Gasteiger partial charge >= 0.3 is 12.1 Å². The smallest absolute Gasteiger partial charge is 0.376 e. The van der Waals surface area contributed by atoms with Crippen molar-refractivity contribution >= 4 is 12.1 Å². The minimum atomic E-state index is -0.583. The fraction of sp³-hybridized carbons (Fsp3) is 0.778. The summed E-state index contributed by atoms with van der Waals surface area (Å²) in [6, 6.07) is 0.0116. The van der Waals surface area contributed by atoms with E-state index in [0.717, 1.165) is 19.3 Å². The highest BCUT2D eigenvalue weighted by molar-refractivity contribution is 5.89. The fourth-order valence-electron chi connectivity index (χ4n) is 2.17. The number of esters is 1. The van der Waals surface area contributed by atoms with Gasteiger partial charge in [-0.15, -0.1) is 0 Å². The molecule has 2 fully saturated rings. The van der Waals surface area contributed by atoms with E-state index >= 15 is 0 Å². The van der Waals surface area contributed by atoms with Crippen LogP contribution in [0.4, 0.5) is 4.79 Å². The first kappa shape index (κ1) is 8.53. The molecule has 0 aromatic carbocycles. The molecular formula is C9H13NO3. The number of ether oxygens (including phenoxy) is 1. The third-order valence-electron chi connectivity index (χ3n) is 2.91. The van der Waals surface area contributed by atoms with Crippen LogP contribution in [0.3, 0.4) is 0 Å². The SMILES string of the molecule is CC1CCC2C(=O)OC(=O)NC2C1. The second kappa shape index (κ2) is 3.01. The Morgan fingerprint density at radius 3 is 2.92 bits per heavy atom. The van der Waals surface area contributed by atoms with E-state index in [-0.39, 0.29) is 17.9 Å². The predicted octanol–water partition coefficient (Wildman–Crippen LogP) is 1.06. The lowest BCUT2D eigenvalue weighted by Crippen LogP contribution is -2.53. The average Bonchev–Trinajstić information content (AvgIpc) is 2.02. The van der Waals surface area contributed by atoms with Gasteiger partial charge in [-0.3, -0.25) is 4.79 Å². The molecule has 3 atom stereocenters. The van der Waals surface area contributed by atoms with Gasteiger partial charge in [0.2, 0.25) is 0 Å². The molecule has 0 bridgehead atoms. The van der Waals surface area contributed by atoms with Crippen molar-refractivity contribution in [2.75, 3.05) is 0 Å². The summed E-state index contributed by atoms with van der Waals surface area (Å²) in [5.74, 6) is 0.141. The Kier molecular flexibility index (Phi) is 1.98. The highest BCUT2D eigenvalue weighted by atomic mass is 16.6. The Bertz CT molecular complexity index is 251. The zero-order valence-electron chi connectivity index (χ0n) is 7.58. The lowest BCUT2D eigenvalue weighted by atomic mass is 9.78. The summed E-state index contributed by atoms with van der Waals surface area (Å²) in [5, 5.41) is 2.70. The molecule has 0 spiro atoms. The summed E-state index contributed by atoms with van der Waals surface area (Å²) in [5.41, 5.74) is 0. The zero-order valence-corrected chi connectivity index (χ0v) is 7.58. The van der Waals surface area contributed by atoms with Crippen LogP contribution < -0.4 is 5.32 Å². The Balaban J connectivity index is 2.10. The molecule has 1 heterocycles. The molecule has 0 radical (unpaired) electrons. The quantitative estimate of drug-likeness (QED) is 0.451. The summed E-state index contributed by atoms with van der Waals surface area (Å²) in [7, 11) is 0. The number of nitrogens with one attached hydrogen (secondary N) is 1. The van der Waals surface area contributed by atoms with Crippen LogP contribution in [-0.2, 0) is 9.53 Å². The summed E-state index contributed by atoms with van der Waals surface area (Å²) in [6.07, 6.45) is 2.20. The van der Waals surface area contributed by atoms with Gasteiger partial charge in [-0.05, 0) is 25.2 Å². The molecular weight excluding hydrogens is 170 g/mol. The van der Waals surface area contributed by atoms with E-state index < -0.39 is 6.09 Å². The van der Waals surface area contributed by atoms with E-state index in [1.807, 2.05) is 0 Å². The van der Waals surface area contributed by atoms with Crippen LogP contribution in [0.15, 0.2) is 0 Å². The van der Waals surface area contributed by atoms with Crippen LogP contribution >= 0.6 is 0 Å². The molecule has 4 heteroatoms. The van der Waals surface area contributed by atoms with Crippen molar-refractivity contribution in [3.8, 4) is 0 Å². The van der Waals surface area contributed by atoms with Crippen LogP contribution in [0.1, 0.15) is 26.2 Å². The van der Waals surface area contributed by atoms with Crippen molar-refractivity contribution in [3.05, 3.63) is 0 Å². The maximum atomic E-state index is 11.3. The molecule has 1 amide bonds. The van der Waals surface area contributed by atoms with Crippen molar-refractivity contribution in [2.24, 2.45) is 11.8 Å². The first-order chi connectivity index (χ1) is 6.16. The summed E-state index contributed by atoms with van der Waals surface area (Å²) in [4.78, 5) is 22.1. The van der Waals surface area contributed by atoms with Crippen LogP contribution in [0.5, 0.6) is 0 Å². The standard InChI is InChI=1S/C9H13NO3/c1-5-2-3-6-7(4-5)10-9(12)13-8(6)11/h5-7H,2-4H2,1H3,(H,10,12). The second-order valence-corrected chi connectivity index (χ2v) is 3.98. The van der Waals surface area contributed by atoms with Gasteiger partial charge in [0.1, 0.15) is 0 Å². The number of hydrogen-bond acceptors (Lipinski definition) is 3. The van der Waals surface area contributed by atoms with E-state index in [4.69, 9.17) is 0 Å². The predicted molar refractivity (Wildman–Crippen MR) is 44.9 cm³/mol. The van der Waals surface area contributed by atoms with Crippen LogP contribution in [-0.4, -0.2) is 18.1 Å². The Morgan fingerprint density at radius 2 is 2.15 bits per heavy atom. The van der Waals surface area contributed by atoms with Crippen molar-refractivity contribution in [1.82, 2.24) is 5.32 Å². The molecule has 13 heavy (non-hydrogen) atoms. The largest absolute Gasteiger partial charge is 0.415 e. The minimum absolute atomic E-state index is 0.0116. The number of alkyl carbamates (subject to hydrolysis) is 1. The molecule has 1 saturated carbocycles. The second-order valence-electron chi connectivity index (χ2n) is 3.98. The highest BCUT2D eigenvalue weighted by Crippen LogP contribution is 2.31. The molecule has 1 aliphatic heterocycles. The topological polar surface area (TPSA) is 55.4 Å². The zero-order chi connectivity index (χ0) is 9.42. The monoisotopic (exact) mass is 183 g/mol. The van der Waals surface area contributed by atoms with Gasteiger partial charge in [0, 0.05) is 6.04 Å². The van der Waals surface area contributed by atoms with Crippen molar-refractivity contribution in [1.29, 1.82) is 0 Å². The number of carbonyl (C=O) groups excluding carboxylic acids is 2. The van der Waals surface area contributed by atoms with Crippen LogP contribution in [0.2, 0.25) is 0 Å². The molecule has 0 aromatic heterocycles. The Labute approximate surface area is 76.6 Å². The molecule has 1 saturated heterocycles. The van der Waals surface area contributed by atoms with Crippen molar-refractivity contribution in [3.63, 3.8) is 0 Å². The lowest BCUT2D eigenvalue weighted by molar-refractivity contribution is -0.147. The van der Waals surface area contributed by atoms with Crippen LogP contribution in [0, 0.1) is 11.8 Å². The molecule has 2 rings (SSSR count). The van der Waals surface area contributed by atoms with Crippen molar-refractivity contribution < 1.29 is 14.3 Å². The van der Waals surface area contributed by atoms with E-state index in [1.54, 1.807) is 0 Å². The number of amides is 1. The molecule has 0 aromatic rings. The Hall–Kier alpha value is -1.06. The average molecular weight is 183 g/mol. The van der Waals surface area contributed by atoms with E-state index in [9.17, 15) is 9.59 Å². The molecule has 72 valence electrons. The van der Waals surface area contributed by atoms with Gasteiger partial charge in [-0.2, -0.15) is 0 Å². The third-order valence-corrected chi connectivity index (χ3v) is 2.91. The van der Waals surface area contributed by atoms with Crippen LogP contribution in [0.25, 0.3) is 0 Å². The number of hydrogen-bond donors (Lipinski definition) is 1. The van der Waals surface area contributed by atoms with E-state index in [1.165, 1.54) is 0 Å². The van der Waals surface area contributed by atoms with Gasteiger partial charge in [0.25, 0.3) is 0 Å². The van der Waals surface area contributed by atoms with Gasteiger partial charge in [0.15, 0.2) is 0 Å². The van der Waals surface area contributed by atoms with Gasteiger partial charge in [0.05, 0.1) is 5.92 Å². The van der Waals surface area contributed by atoms with E-state index in [0.29, 0.717) is 5.92 Å². The number of cyclic esters (lactones) is 2. The normalized spacial score (nSPS) is 39.0. The maximum absolute atomic E-state index is 11.3. The van der Waals surface area contributed by atoms with Crippen molar-refractivity contribution in [2.45, 2.75) is 32.2 Å². The van der Waals surface area contributed by atoms with Gasteiger partial charge in [-0.25, -0.2) is 4.79 Å². The van der Waals surface area contributed by atoms with Gasteiger partial charge < -0.3 is 10.1 Å². The minimum Gasteiger partial charge on any atom is -0.376 e. The number of carbonyl (C=O) groups is 2. The Morgan fingerprint density at radius 1 is 1.38 bits per heavy atom. The first-order valence-corrected chi connectivity index (χ1v) is 4.69. The fourth-order valence-corrected chi connectivity index (χ4v) is 2.17. The molecule has 3 unspecified atom stereocenters. The third kappa shape index (κ3) is 1.53. The summed E-state index contributed by atoms with van der Waals surface area (Å²) >= 11 is 0. The molecule has 4 nitrogen and oxygen atoms in total. The summed E-state index contributed by atoms with van der Waals surface area (Å²) in [6.45, 7) is 2.14. The maximum Gasteiger partial charge on any atom is 0.415 e. The molecule has 1 N–H and O–H groups in total. The highest BCUT2D eigenvalue weighted by Gasteiger charge is 2.40. The summed E-state index contributed by atoms with van der Waals surface area (Å²) < 4.78 is 4.50. The number of rotatable bonds is 0. The first-order valence-electron chi connectivity index (χ1n) is 4.69. The molecule has 1 aliphatic carbocycles. The molecule has 2 aliphatic rings. The van der Waals surface area contributed by atoms with Gasteiger partial charge in [-0.1, -0.05) is 6.92 Å². The van der Waals surface area contributed by atoms with E-state index in [2.05, 4.69) is 17.0 Å². The lowest BCUT2D eigenvalue weighted by Gasteiger charge is -2.36. The number of fused-ring (bicyclic) bond motifs is 1.